The molecule has 0 bridgehead atoms. The first-order valence-corrected chi connectivity index (χ1v) is 6.28. The van der Waals surface area contributed by atoms with Crippen molar-refractivity contribution in [2.45, 2.75) is 37.6 Å². The molecule has 1 aromatic rings. The molecule has 1 aliphatic carbocycles. The van der Waals surface area contributed by atoms with E-state index in [4.69, 9.17) is 5.73 Å². The van der Waals surface area contributed by atoms with Crippen molar-refractivity contribution in [2.24, 2.45) is 5.73 Å². The molecule has 0 amide bonds. The minimum Gasteiger partial charge on any atom is -0.324 e. The van der Waals surface area contributed by atoms with E-state index in [0.29, 0.717) is 6.54 Å². The lowest BCUT2D eigenvalue weighted by atomic mass is 9.84. The molecule has 2 rings (SSSR count). The molecule has 0 heterocycles. The van der Waals surface area contributed by atoms with Crippen LogP contribution < -0.4 is 11.1 Å². The van der Waals surface area contributed by atoms with Gasteiger partial charge in [0.2, 0.25) is 0 Å². The lowest BCUT2D eigenvalue weighted by Crippen LogP contribution is -2.41. The van der Waals surface area contributed by atoms with E-state index in [-0.39, 0.29) is 11.0 Å². The SMILES string of the molecule is CC(C)(CNCC1(N)CC1)c1ccc(F)c(F)c1. The van der Waals surface area contributed by atoms with E-state index in [2.05, 4.69) is 5.32 Å². The van der Waals surface area contributed by atoms with Crippen molar-refractivity contribution in [3.8, 4) is 0 Å². The molecule has 0 unspecified atom stereocenters. The molecule has 1 saturated carbocycles. The Kier molecular flexibility index (Phi) is 3.43. The van der Waals surface area contributed by atoms with Gasteiger partial charge in [-0.25, -0.2) is 8.78 Å². The Morgan fingerprint density at radius 1 is 1.28 bits per heavy atom. The van der Waals surface area contributed by atoms with Gasteiger partial charge in [-0.1, -0.05) is 19.9 Å². The average Bonchev–Trinajstić information content (AvgIpc) is 3.00. The monoisotopic (exact) mass is 254 g/mol. The lowest BCUT2D eigenvalue weighted by Gasteiger charge is -2.26. The van der Waals surface area contributed by atoms with Crippen molar-refractivity contribution in [2.75, 3.05) is 13.1 Å². The van der Waals surface area contributed by atoms with Gasteiger partial charge in [0.05, 0.1) is 0 Å². The quantitative estimate of drug-likeness (QED) is 0.846. The smallest absolute Gasteiger partial charge is 0.159 e. The summed E-state index contributed by atoms with van der Waals surface area (Å²) in [5.41, 5.74) is 6.49. The van der Waals surface area contributed by atoms with Crippen molar-refractivity contribution in [1.82, 2.24) is 5.32 Å². The van der Waals surface area contributed by atoms with Crippen molar-refractivity contribution < 1.29 is 8.78 Å². The molecule has 3 N–H and O–H groups in total. The summed E-state index contributed by atoms with van der Waals surface area (Å²) in [5, 5.41) is 3.32. The predicted octanol–water partition coefficient (Wildman–Crippen LogP) is 2.32. The van der Waals surface area contributed by atoms with Gasteiger partial charge in [-0.3, -0.25) is 0 Å². The third kappa shape index (κ3) is 3.06. The largest absolute Gasteiger partial charge is 0.324 e. The second kappa shape index (κ2) is 4.59. The van der Waals surface area contributed by atoms with Crippen LogP contribution in [0.2, 0.25) is 0 Å². The van der Waals surface area contributed by atoms with Gasteiger partial charge in [0.25, 0.3) is 0 Å². The first-order valence-electron chi connectivity index (χ1n) is 6.28. The van der Waals surface area contributed by atoms with Gasteiger partial charge < -0.3 is 11.1 Å². The number of rotatable bonds is 5. The Morgan fingerprint density at radius 3 is 2.50 bits per heavy atom. The van der Waals surface area contributed by atoms with Crippen LogP contribution in [0.4, 0.5) is 8.78 Å². The molecule has 0 spiro atoms. The zero-order valence-electron chi connectivity index (χ0n) is 10.9. The first-order chi connectivity index (χ1) is 8.32. The highest BCUT2D eigenvalue weighted by molar-refractivity contribution is 5.25. The summed E-state index contributed by atoms with van der Waals surface area (Å²) in [5.74, 6) is -1.60. The summed E-state index contributed by atoms with van der Waals surface area (Å²) < 4.78 is 26.1. The number of halogens is 2. The summed E-state index contributed by atoms with van der Waals surface area (Å²) in [6, 6.07) is 4.08. The number of hydrogen-bond acceptors (Lipinski definition) is 2. The van der Waals surface area contributed by atoms with Crippen molar-refractivity contribution in [3.05, 3.63) is 35.4 Å². The molecule has 0 aliphatic heterocycles. The van der Waals surface area contributed by atoms with Crippen LogP contribution in [-0.2, 0) is 5.41 Å². The molecule has 1 aliphatic rings. The van der Waals surface area contributed by atoms with Gasteiger partial charge in [0, 0.05) is 24.0 Å². The summed E-state index contributed by atoms with van der Waals surface area (Å²) in [6.45, 7) is 5.47. The predicted molar refractivity (Wildman–Crippen MR) is 68.4 cm³/mol. The van der Waals surface area contributed by atoms with Gasteiger partial charge in [0.1, 0.15) is 0 Å². The Morgan fingerprint density at radius 2 is 1.94 bits per heavy atom. The highest BCUT2D eigenvalue weighted by Gasteiger charge is 2.37. The number of nitrogens with one attached hydrogen (secondary N) is 1. The highest BCUT2D eigenvalue weighted by atomic mass is 19.2. The van der Waals surface area contributed by atoms with Gasteiger partial charge in [0.15, 0.2) is 11.6 Å². The van der Waals surface area contributed by atoms with E-state index in [9.17, 15) is 8.78 Å². The molecular formula is C14H20F2N2. The van der Waals surface area contributed by atoms with Gasteiger partial charge in [-0.15, -0.1) is 0 Å². The fourth-order valence-corrected chi connectivity index (χ4v) is 1.98. The molecule has 2 nitrogen and oxygen atoms in total. The van der Waals surface area contributed by atoms with Crippen LogP contribution in [-0.4, -0.2) is 18.6 Å². The molecule has 100 valence electrons. The molecule has 18 heavy (non-hydrogen) atoms. The van der Waals surface area contributed by atoms with Crippen LogP contribution in [0.15, 0.2) is 18.2 Å². The minimum absolute atomic E-state index is 0.0376. The molecular weight excluding hydrogens is 234 g/mol. The number of hydrogen-bond donors (Lipinski definition) is 2. The summed E-state index contributed by atoms with van der Waals surface area (Å²) in [7, 11) is 0. The normalized spacial score (nSPS) is 17.8. The van der Waals surface area contributed by atoms with E-state index in [1.54, 1.807) is 6.07 Å². The van der Waals surface area contributed by atoms with Crippen LogP contribution in [0.25, 0.3) is 0 Å². The van der Waals surface area contributed by atoms with Crippen molar-refractivity contribution in [1.29, 1.82) is 0 Å². The fourth-order valence-electron chi connectivity index (χ4n) is 1.98. The second-order valence-corrected chi connectivity index (χ2v) is 5.98. The zero-order valence-corrected chi connectivity index (χ0v) is 10.9. The van der Waals surface area contributed by atoms with E-state index < -0.39 is 11.6 Å². The van der Waals surface area contributed by atoms with E-state index in [1.807, 2.05) is 13.8 Å². The maximum atomic E-state index is 13.2. The standard InChI is InChI=1S/C14H20F2N2/c1-13(2,8-18-9-14(17)5-6-14)10-3-4-11(15)12(16)7-10/h3-4,7,18H,5-6,8-9,17H2,1-2H3. The van der Waals surface area contributed by atoms with E-state index in [0.717, 1.165) is 24.9 Å². The molecule has 4 heteroatoms. The molecule has 1 aromatic carbocycles. The first kappa shape index (κ1) is 13.4. The highest BCUT2D eigenvalue weighted by Crippen LogP contribution is 2.31. The Bertz CT molecular complexity index is 439. The third-order valence-electron chi connectivity index (χ3n) is 3.64. The fraction of sp³-hybridized carbons (Fsp3) is 0.571. The third-order valence-corrected chi connectivity index (χ3v) is 3.64. The second-order valence-electron chi connectivity index (χ2n) is 5.98. The van der Waals surface area contributed by atoms with E-state index >= 15 is 0 Å². The summed E-state index contributed by atoms with van der Waals surface area (Å²) in [6.07, 6.45) is 2.12. The Balaban J connectivity index is 1.97. The Labute approximate surface area is 107 Å². The maximum Gasteiger partial charge on any atom is 0.159 e. The average molecular weight is 254 g/mol. The topological polar surface area (TPSA) is 38.0 Å². The molecule has 0 aromatic heterocycles. The molecule has 0 saturated heterocycles. The summed E-state index contributed by atoms with van der Waals surface area (Å²) >= 11 is 0. The van der Waals surface area contributed by atoms with Crippen LogP contribution in [0.3, 0.4) is 0 Å². The Hall–Kier alpha value is -1.00. The molecule has 1 fully saturated rings. The maximum absolute atomic E-state index is 13.2. The molecule has 0 radical (unpaired) electrons. The van der Waals surface area contributed by atoms with Crippen molar-refractivity contribution >= 4 is 0 Å². The van der Waals surface area contributed by atoms with E-state index in [1.165, 1.54) is 12.1 Å². The van der Waals surface area contributed by atoms with Crippen LogP contribution in [0.5, 0.6) is 0 Å². The zero-order chi connectivity index (χ0) is 13.4. The lowest BCUT2D eigenvalue weighted by molar-refractivity contribution is 0.441. The number of benzene rings is 1. The van der Waals surface area contributed by atoms with Gasteiger partial charge >= 0.3 is 0 Å². The number of nitrogens with two attached hydrogens (primary N) is 1. The van der Waals surface area contributed by atoms with Crippen molar-refractivity contribution in [3.63, 3.8) is 0 Å². The van der Waals surface area contributed by atoms with Gasteiger partial charge in [-0.2, -0.15) is 0 Å². The van der Waals surface area contributed by atoms with Crippen LogP contribution in [0.1, 0.15) is 32.3 Å². The summed E-state index contributed by atoms with van der Waals surface area (Å²) in [4.78, 5) is 0. The van der Waals surface area contributed by atoms with Crippen LogP contribution >= 0.6 is 0 Å². The minimum atomic E-state index is -0.804. The van der Waals surface area contributed by atoms with Crippen LogP contribution in [0, 0.1) is 11.6 Å². The van der Waals surface area contributed by atoms with Gasteiger partial charge in [-0.05, 0) is 30.5 Å². The molecule has 0 atom stereocenters.